The number of thiophene rings is 1. The van der Waals surface area contributed by atoms with E-state index in [9.17, 15) is 9.59 Å². The second-order valence-electron chi connectivity index (χ2n) is 6.23. The molecule has 2 amide bonds. The van der Waals surface area contributed by atoms with Crippen molar-refractivity contribution in [1.29, 1.82) is 0 Å². The fourth-order valence-electron chi connectivity index (χ4n) is 2.86. The zero-order valence-corrected chi connectivity index (χ0v) is 17.5. The Morgan fingerprint density at radius 1 is 1.20 bits per heavy atom. The highest BCUT2D eigenvalue weighted by atomic mass is 32.2. The fourth-order valence-corrected chi connectivity index (χ4v) is 4.42. The number of nitrogens with one attached hydrogen (secondary N) is 1. The summed E-state index contributed by atoms with van der Waals surface area (Å²) < 4.78 is 7.30. The first-order chi connectivity index (χ1) is 14.5. The number of anilines is 1. The standard InChI is InChI=1S/C20H17N5O3S2/c1-12-14(7-9-28-12)18-23-24-20(25(18)13-5-3-2-4-6-13)30-11-16(26)22-19-15(17(21)27)8-10-29-19/h2-10H,11H2,1H3,(H2,21,27)(H,22,26). The monoisotopic (exact) mass is 439 g/mol. The molecule has 0 aliphatic heterocycles. The molecule has 0 radical (unpaired) electrons. The van der Waals surface area contributed by atoms with E-state index in [1.54, 1.807) is 17.7 Å². The van der Waals surface area contributed by atoms with Crippen molar-refractivity contribution in [3.63, 3.8) is 0 Å². The Balaban J connectivity index is 1.58. The second-order valence-corrected chi connectivity index (χ2v) is 8.09. The van der Waals surface area contributed by atoms with Gasteiger partial charge in [0.2, 0.25) is 5.91 Å². The highest BCUT2D eigenvalue weighted by Crippen LogP contribution is 2.30. The average molecular weight is 440 g/mol. The molecule has 0 spiro atoms. The number of aromatic nitrogens is 3. The Bertz CT molecular complexity index is 1200. The molecule has 0 fully saturated rings. The van der Waals surface area contributed by atoms with Gasteiger partial charge in [0.15, 0.2) is 11.0 Å². The van der Waals surface area contributed by atoms with Crippen LogP contribution in [0.15, 0.2) is 63.7 Å². The number of amides is 2. The number of aryl methyl sites for hydroxylation is 1. The van der Waals surface area contributed by atoms with E-state index in [0.717, 1.165) is 17.0 Å². The van der Waals surface area contributed by atoms with Gasteiger partial charge in [0, 0.05) is 5.69 Å². The third-order valence-electron chi connectivity index (χ3n) is 4.26. The van der Waals surface area contributed by atoms with Crippen LogP contribution in [-0.2, 0) is 4.79 Å². The Kier molecular flexibility index (Phi) is 5.68. The summed E-state index contributed by atoms with van der Waals surface area (Å²) in [6.45, 7) is 1.86. The lowest BCUT2D eigenvalue weighted by Crippen LogP contribution is -2.18. The van der Waals surface area contributed by atoms with E-state index in [-0.39, 0.29) is 11.7 Å². The largest absolute Gasteiger partial charge is 0.469 e. The van der Waals surface area contributed by atoms with Crippen LogP contribution in [0.5, 0.6) is 0 Å². The van der Waals surface area contributed by atoms with Crippen molar-refractivity contribution in [3.8, 4) is 17.1 Å². The van der Waals surface area contributed by atoms with Crippen molar-refractivity contribution in [2.45, 2.75) is 12.1 Å². The van der Waals surface area contributed by atoms with Gasteiger partial charge in [-0.25, -0.2) is 0 Å². The van der Waals surface area contributed by atoms with Crippen LogP contribution in [0, 0.1) is 6.92 Å². The number of carbonyl (C=O) groups excluding carboxylic acids is 2. The molecule has 0 saturated carbocycles. The molecule has 30 heavy (non-hydrogen) atoms. The molecule has 3 heterocycles. The second kappa shape index (κ2) is 8.56. The molecule has 4 aromatic rings. The van der Waals surface area contributed by atoms with Gasteiger partial charge < -0.3 is 15.5 Å². The number of nitrogens with zero attached hydrogens (tertiary/aromatic N) is 3. The molecule has 3 aromatic heterocycles. The third-order valence-corrected chi connectivity index (χ3v) is 6.02. The minimum atomic E-state index is -0.580. The number of thioether (sulfide) groups is 1. The van der Waals surface area contributed by atoms with Crippen LogP contribution < -0.4 is 11.1 Å². The van der Waals surface area contributed by atoms with Crippen molar-refractivity contribution >= 4 is 39.9 Å². The highest BCUT2D eigenvalue weighted by Gasteiger charge is 2.20. The predicted molar refractivity (Wildman–Crippen MR) is 116 cm³/mol. The Hall–Kier alpha value is -3.37. The van der Waals surface area contributed by atoms with Gasteiger partial charge in [-0.3, -0.25) is 14.2 Å². The lowest BCUT2D eigenvalue weighted by Gasteiger charge is -2.10. The van der Waals surface area contributed by atoms with E-state index in [0.29, 0.717) is 21.5 Å². The molecule has 1 aromatic carbocycles. The maximum absolute atomic E-state index is 12.4. The zero-order chi connectivity index (χ0) is 21.1. The predicted octanol–water partition coefficient (Wildman–Crippen LogP) is 3.73. The molecule has 0 unspecified atom stereocenters. The molecule has 0 atom stereocenters. The molecule has 4 rings (SSSR count). The van der Waals surface area contributed by atoms with Crippen molar-refractivity contribution in [1.82, 2.24) is 14.8 Å². The van der Waals surface area contributed by atoms with Gasteiger partial charge in [-0.15, -0.1) is 21.5 Å². The summed E-state index contributed by atoms with van der Waals surface area (Å²) in [4.78, 5) is 23.9. The Labute approximate surface area is 180 Å². The van der Waals surface area contributed by atoms with Gasteiger partial charge in [-0.2, -0.15) is 0 Å². The number of nitrogens with two attached hydrogens (primary N) is 1. The number of carbonyl (C=O) groups is 2. The third kappa shape index (κ3) is 4.00. The quantitative estimate of drug-likeness (QED) is 0.424. The lowest BCUT2D eigenvalue weighted by atomic mass is 10.2. The van der Waals surface area contributed by atoms with Crippen molar-refractivity contribution in [3.05, 3.63) is 65.4 Å². The number of para-hydroxylation sites is 1. The van der Waals surface area contributed by atoms with Crippen LogP contribution in [0.2, 0.25) is 0 Å². The summed E-state index contributed by atoms with van der Waals surface area (Å²) in [5.41, 5.74) is 7.32. The van der Waals surface area contributed by atoms with Crippen molar-refractivity contribution < 1.29 is 14.0 Å². The average Bonchev–Trinajstić information content (AvgIpc) is 3.46. The molecule has 0 aliphatic rings. The minimum absolute atomic E-state index is 0.0887. The summed E-state index contributed by atoms with van der Waals surface area (Å²) in [5, 5.41) is 14.0. The number of hydrogen-bond donors (Lipinski definition) is 2. The molecular formula is C20H17N5O3S2. The van der Waals surface area contributed by atoms with Crippen LogP contribution >= 0.6 is 23.1 Å². The van der Waals surface area contributed by atoms with E-state index in [1.807, 2.05) is 47.9 Å². The smallest absolute Gasteiger partial charge is 0.251 e. The molecule has 152 valence electrons. The Morgan fingerprint density at radius 3 is 2.70 bits per heavy atom. The maximum Gasteiger partial charge on any atom is 0.251 e. The summed E-state index contributed by atoms with van der Waals surface area (Å²) in [5.74, 6) is 0.595. The van der Waals surface area contributed by atoms with Gasteiger partial charge in [-0.05, 0) is 36.6 Å². The number of primary amides is 1. The maximum atomic E-state index is 12.4. The summed E-state index contributed by atoms with van der Waals surface area (Å²) in [7, 11) is 0. The van der Waals surface area contributed by atoms with Crippen molar-refractivity contribution in [2.75, 3.05) is 11.1 Å². The highest BCUT2D eigenvalue weighted by molar-refractivity contribution is 7.99. The van der Waals surface area contributed by atoms with Gasteiger partial charge in [0.25, 0.3) is 5.91 Å². The first-order valence-corrected chi connectivity index (χ1v) is 10.8. The summed E-state index contributed by atoms with van der Waals surface area (Å²) in [6.07, 6.45) is 1.60. The number of hydrogen-bond acceptors (Lipinski definition) is 7. The van der Waals surface area contributed by atoms with E-state index in [1.165, 1.54) is 23.1 Å². The first kappa shape index (κ1) is 19.9. The van der Waals surface area contributed by atoms with Gasteiger partial charge >= 0.3 is 0 Å². The van der Waals surface area contributed by atoms with Crippen LogP contribution in [0.25, 0.3) is 17.1 Å². The van der Waals surface area contributed by atoms with Crippen LogP contribution in [0.4, 0.5) is 5.00 Å². The molecule has 0 saturated heterocycles. The van der Waals surface area contributed by atoms with Crippen molar-refractivity contribution in [2.24, 2.45) is 5.73 Å². The van der Waals surface area contributed by atoms with Crippen LogP contribution in [-0.4, -0.2) is 32.3 Å². The Morgan fingerprint density at radius 2 is 2.00 bits per heavy atom. The van der Waals surface area contributed by atoms with E-state index < -0.39 is 5.91 Å². The SMILES string of the molecule is Cc1occc1-c1nnc(SCC(=O)Nc2sccc2C(N)=O)n1-c1ccccc1. The normalized spacial score (nSPS) is 10.8. The summed E-state index contributed by atoms with van der Waals surface area (Å²) >= 11 is 2.49. The number of rotatable bonds is 7. The summed E-state index contributed by atoms with van der Waals surface area (Å²) in [6, 6.07) is 13.1. The van der Waals surface area contributed by atoms with Crippen LogP contribution in [0.1, 0.15) is 16.1 Å². The zero-order valence-electron chi connectivity index (χ0n) is 15.9. The molecule has 8 nitrogen and oxygen atoms in total. The van der Waals surface area contributed by atoms with Gasteiger partial charge in [0.05, 0.1) is 23.1 Å². The first-order valence-electron chi connectivity index (χ1n) is 8.90. The van der Waals surface area contributed by atoms with Crippen LogP contribution in [0.3, 0.4) is 0 Å². The van der Waals surface area contributed by atoms with Gasteiger partial charge in [-0.1, -0.05) is 30.0 Å². The molecule has 0 aliphatic carbocycles. The molecular weight excluding hydrogens is 422 g/mol. The number of benzene rings is 1. The minimum Gasteiger partial charge on any atom is -0.469 e. The fraction of sp³-hybridized carbons (Fsp3) is 0.100. The van der Waals surface area contributed by atoms with E-state index >= 15 is 0 Å². The van der Waals surface area contributed by atoms with E-state index in [2.05, 4.69) is 15.5 Å². The number of furan rings is 1. The molecule has 10 heteroatoms. The molecule has 3 N–H and O–H groups in total. The van der Waals surface area contributed by atoms with E-state index in [4.69, 9.17) is 10.2 Å². The van der Waals surface area contributed by atoms with Gasteiger partial charge in [0.1, 0.15) is 10.8 Å². The molecule has 0 bridgehead atoms. The lowest BCUT2D eigenvalue weighted by molar-refractivity contribution is -0.113. The topological polar surface area (TPSA) is 116 Å².